The van der Waals surface area contributed by atoms with Crippen LogP contribution in [0.2, 0.25) is 0 Å². The van der Waals surface area contributed by atoms with E-state index in [0.717, 1.165) is 30.5 Å². The van der Waals surface area contributed by atoms with Crippen LogP contribution in [0, 0.1) is 5.92 Å². The number of fused-ring (bicyclic) bond motifs is 1. The fraction of sp³-hybridized carbons (Fsp3) is 0.375. The van der Waals surface area contributed by atoms with Crippen LogP contribution in [-0.2, 0) is 4.74 Å². The molecule has 2 aromatic rings. The Morgan fingerprint density at radius 3 is 2.68 bits per heavy atom. The van der Waals surface area contributed by atoms with Gasteiger partial charge in [-0.3, -0.25) is 0 Å². The molecule has 1 fully saturated rings. The van der Waals surface area contributed by atoms with Gasteiger partial charge in [0.15, 0.2) is 0 Å². The molecule has 3 rings (SSSR count). The van der Waals surface area contributed by atoms with Crippen LogP contribution in [0.1, 0.15) is 24.4 Å². The van der Waals surface area contributed by atoms with Crippen molar-refractivity contribution < 1.29 is 4.74 Å². The third-order valence-corrected chi connectivity index (χ3v) is 4.66. The Kier molecular flexibility index (Phi) is 3.87. The minimum atomic E-state index is 0.0540. The maximum Gasteiger partial charge on any atom is 0.0512 e. The van der Waals surface area contributed by atoms with Crippen LogP contribution in [0.25, 0.3) is 10.8 Å². The first kappa shape index (κ1) is 13.1. The molecule has 0 aromatic heterocycles. The van der Waals surface area contributed by atoms with Crippen molar-refractivity contribution in [1.29, 1.82) is 0 Å². The van der Waals surface area contributed by atoms with Crippen LogP contribution >= 0.6 is 15.9 Å². The third kappa shape index (κ3) is 2.55. The summed E-state index contributed by atoms with van der Waals surface area (Å²) in [4.78, 5) is 0. The van der Waals surface area contributed by atoms with Gasteiger partial charge in [-0.25, -0.2) is 0 Å². The van der Waals surface area contributed by atoms with E-state index in [1.54, 1.807) is 0 Å². The average molecular weight is 320 g/mol. The summed E-state index contributed by atoms with van der Waals surface area (Å²) in [5.41, 5.74) is 7.72. The number of rotatable bonds is 2. The second kappa shape index (κ2) is 5.61. The van der Waals surface area contributed by atoms with Gasteiger partial charge in [0, 0.05) is 23.0 Å². The van der Waals surface area contributed by atoms with Crippen molar-refractivity contribution in [2.45, 2.75) is 18.9 Å². The lowest BCUT2D eigenvalue weighted by atomic mass is 9.87. The summed E-state index contributed by atoms with van der Waals surface area (Å²) in [6.45, 7) is 1.66. The molecule has 0 radical (unpaired) electrons. The fourth-order valence-corrected chi connectivity index (χ4v) is 3.36. The zero-order chi connectivity index (χ0) is 13.2. The Bertz CT molecular complexity index is 578. The number of benzene rings is 2. The largest absolute Gasteiger partial charge is 0.381 e. The Hall–Kier alpha value is -0.900. The standard InChI is InChI=1S/C16H18BrNO/c17-15-8-7-14(12-5-1-2-6-13(12)15)16(18)11-4-3-9-19-10-11/h1-2,5-8,11,16H,3-4,9-10,18H2. The average Bonchev–Trinajstić information content (AvgIpc) is 2.48. The van der Waals surface area contributed by atoms with Crippen molar-refractivity contribution in [3.63, 3.8) is 0 Å². The molecule has 1 heterocycles. The van der Waals surface area contributed by atoms with Crippen LogP contribution < -0.4 is 5.73 Å². The van der Waals surface area contributed by atoms with Gasteiger partial charge < -0.3 is 10.5 Å². The van der Waals surface area contributed by atoms with Gasteiger partial charge in [0.25, 0.3) is 0 Å². The highest BCUT2D eigenvalue weighted by atomic mass is 79.9. The molecule has 2 N–H and O–H groups in total. The van der Waals surface area contributed by atoms with Gasteiger partial charge in [-0.1, -0.05) is 46.3 Å². The van der Waals surface area contributed by atoms with E-state index in [0.29, 0.717) is 5.92 Å². The van der Waals surface area contributed by atoms with E-state index >= 15 is 0 Å². The lowest BCUT2D eigenvalue weighted by Crippen LogP contribution is -2.29. The predicted octanol–water partition coefficient (Wildman–Crippen LogP) is 4.03. The molecule has 0 saturated carbocycles. The highest BCUT2D eigenvalue weighted by Gasteiger charge is 2.23. The molecule has 1 aliphatic heterocycles. The van der Waals surface area contributed by atoms with Crippen LogP contribution in [0.4, 0.5) is 0 Å². The van der Waals surface area contributed by atoms with E-state index in [1.165, 1.54) is 16.3 Å². The minimum Gasteiger partial charge on any atom is -0.381 e. The second-order valence-electron chi connectivity index (χ2n) is 5.19. The predicted molar refractivity (Wildman–Crippen MR) is 82.1 cm³/mol. The van der Waals surface area contributed by atoms with Crippen molar-refractivity contribution in [2.24, 2.45) is 11.7 Å². The van der Waals surface area contributed by atoms with E-state index in [9.17, 15) is 0 Å². The fourth-order valence-electron chi connectivity index (χ4n) is 2.88. The Labute approximate surface area is 122 Å². The third-order valence-electron chi connectivity index (χ3n) is 3.97. The van der Waals surface area contributed by atoms with E-state index in [1.807, 2.05) is 0 Å². The zero-order valence-electron chi connectivity index (χ0n) is 10.8. The summed E-state index contributed by atoms with van der Waals surface area (Å²) >= 11 is 3.61. The highest BCUT2D eigenvalue weighted by molar-refractivity contribution is 9.10. The molecule has 1 saturated heterocycles. The van der Waals surface area contributed by atoms with Gasteiger partial charge in [0.1, 0.15) is 0 Å². The molecule has 0 amide bonds. The van der Waals surface area contributed by atoms with Gasteiger partial charge in [-0.15, -0.1) is 0 Å². The zero-order valence-corrected chi connectivity index (χ0v) is 12.4. The minimum absolute atomic E-state index is 0.0540. The smallest absolute Gasteiger partial charge is 0.0512 e. The van der Waals surface area contributed by atoms with Gasteiger partial charge >= 0.3 is 0 Å². The molecule has 3 heteroatoms. The molecule has 100 valence electrons. The summed E-state index contributed by atoms with van der Waals surface area (Å²) < 4.78 is 6.70. The molecule has 2 atom stereocenters. The van der Waals surface area contributed by atoms with Gasteiger partial charge in [0.05, 0.1) is 6.61 Å². The summed E-state index contributed by atoms with van der Waals surface area (Å²) in [6, 6.07) is 12.7. The van der Waals surface area contributed by atoms with Crippen molar-refractivity contribution in [3.8, 4) is 0 Å². The number of halogens is 1. The van der Waals surface area contributed by atoms with Crippen molar-refractivity contribution in [2.75, 3.05) is 13.2 Å². The van der Waals surface area contributed by atoms with Crippen molar-refractivity contribution in [3.05, 3.63) is 46.4 Å². The summed E-state index contributed by atoms with van der Waals surface area (Å²) in [5, 5.41) is 2.47. The maximum atomic E-state index is 6.49. The molecular weight excluding hydrogens is 302 g/mol. The van der Waals surface area contributed by atoms with Crippen molar-refractivity contribution >= 4 is 26.7 Å². The van der Waals surface area contributed by atoms with Gasteiger partial charge in [-0.2, -0.15) is 0 Å². The molecule has 2 unspecified atom stereocenters. The molecule has 19 heavy (non-hydrogen) atoms. The first-order valence-electron chi connectivity index (χ1n) is 6.78. The van der Waals surface area contributed by atoms with E-state index in [4.69, 9.17) is 10.5 Å². The molecule has 2 nitrogen and oxygen atoms in total. The van der Waals surface area contributed by atoms with Crippen LogP contribution in [0.15, 0.2) is 40.9 Å². The first-order chi connectivity index (χ1) is 9.27. The molecule has 0 spiro atoms. The molecule has 0 aliphatic carbocycles. The lowest BCUT2D eigenvalue weighted by Gasteiger charge is -2.28. The number of hydrogen-bond acceptors (Lipinski definition) is 2. The molecule has 2 aromatic carbocycles. The number of ether oxygens (including phenoxy) is 1. The van der Waals surface area contributed by atoms with Gasteiger partial charge in [-0.05, 0) is 35.2 Å². The van der Waals surface area contributed by atoms with Crippen molar-refractivity contribution in [1.82, 2.24) is 0 Å². The normalized spacial score (nSPS) is 21.5. The molecule has 1 aliphatic rings. The molecular formula is C16H18BrNO. The summed E-state index contributed by atoms with van der Waals surface area (Å²) in [7, 11) is 0. The Morgan fingerprint density at radius 1 is 1.16 bits per heavy atom. The SMILES string of the molecule is NC(c1ccc(Br)c2ccccc12)C1CCCOC1. The lowest BCUT2D eigenvalue weighted by molar-refractivity contribution is 0.0449. The van der Waals surface area contributed by atoms with E-state index < -0.39 is 0 Å². The monoisotopic (exact) mass is 319 g/mol. The number of nitrogens with two attached hydrogens (primary N) is 1. The molecule has 0 bridgehead atoms. The van der Waals surface area contributed by atoms with E-state index in [2.05, 4.69) is 52.3 Å². The topological polar surface area (TPSA) is 35.2 Å². The Balaban J connectivity index is 2.02. The van der Waals surface area contributed by atoms with Crippen LogP contribution in [0.3, 0.4) is 0 Å². The summed E-state index contributed by atoms with van der Waals surface area (Å²) in [6.07, 6.45) is 2.28. The first-order valence-corrected chi connectivity index (χ1v) is 7.57. The van der Waals surface area contributed by atoms with Crippen LogP contribution in [-0.4, -0.2) is 13.2 Å². The number of hydrogen-bond donors (Lipinski definition) is 1. The van der Waals surface area contributed by atoms with Gasteiger partial charge in [0.2, 0.25) is 0 Å². The maximum absolute atomic E-state index is 6.49. The summed E-state index contributed by atoms with van der Waals surface area (Å²) in [5.74, 6) is 0.429. The van der Waals surface area contributed by atoms with E-state index in [-0.39, 0.29) is 6.04 Å². The quantitative estimate of drug-likeness (QED) is 0.907. The second-order valence-corrected chi connectivity index (χ2v) is 6.04. The highest BCUT2D eigenvalue weighted by Crippen LogP contribution is 2.34. The Morgan fingerprint density at radius 2 is 1.95 bits per heavy atom. The van der Waals surface area contributed by atoms with Crippen LogP contribution in [0.5, 0.6) is 0 Å².